The van der Waals surface area contributed by atoms with E-state index in [0.717, 1.165) is 22.6 Å². The van der Waals surface area contributed by atoms with Crippen LogP contribution in [-0.4, -0.2) is 28.6 Å². The fourth-order valence-electron chi connectivity index (χ4n) is 3.33. The van der Waals surface area contributed by atoms with Crippen molar-refractivity contribution in [1.82, 2.24) is 14.9 Å². The van der Waals surface area contributed by atoms with Crippen molar-refractivity contribution in [2.45, 2.75) is 13.0 Å². The van der Waals surface area contributed by atoms with Gasteiger partial charge in [0.25, 0.3) is 5.91 Å². The lowest BCUT2D eigenvalue weighted by molar-refractivity contribution is 0.0954. The Hall–Kier alpha value is -3.31. The molecule has 0 saturated heterocycles. The summed E-state index contributed by atoms with van der Waals surface area (Å²) >= 11 is 5.93. The molecule has 0 bridgehead atoms. The van der Waals surface area contributed by atoms with Crippen LogP contribution in [0.25, 0.3) is 11.0 Å². The van der Waals surface area contributed by atoms with Crippen molar-refractivity contribution in [3.8, 4) is 5.75 Å². The van der Waals surface area contributed by atoms with Gasteiger partial charge in [0.1, 0.15) is 18.2 Å². The highest BCUT2D eigenvalue weighted by Gasteiger charge is 2.11. The molecular formula is C24H22ClN3O2. The van der Waals surface area contributed by atoms with Crippen molar-refractivity contribution in [2.24, 2.45) is 0 Å². The van der Waals surface area contributed by atoms with Gasteiger partial charge in [0.2, 0.25) is 0 Å². The van der Waals surface area contributed by atoms with Gasteiger partial charge in [0.15, 0.2) is 0 Å². The van der Waals surface area contributed by atoms with Gasteiger partial charge in [0.05, 0.1) is 17.6 Å². The third-order valence-corrected chi connectivity index (χ3v) is 5.05. The topological polar surface area (TPSA) is 56.2 Å². The number of imidazole rings is 1. The average molecular weight is 420 g/mol. The summed E-state index contributed by atoms with van der Waals surface area (Å²) in [6.45, 7) is 1.67. The second kappa shape index (κ2) is 9.46. The molecule has 4 rings (SSSR count). The van der Waals surface area contributed by atoms with Gasteiger partial charge in [-0.25, -0.2) is 4.98 Å². The molecule has 0 fully saturated rings. The van der Waals surface area contributed by atoms with Crippen LogP contribution in [0, 0.1) is 0 Å². The number of carbonyl (C=O) groups excluding carboxylic acids is 1. The molecule has 6 heteroatoms. The summed E-state index contributed by atoms with van der Waals surface area (Å²) in [4.78, 5) is 17.0. The third-order valence-electron chi connectivity index (χ3n) is 4.80. The number of para-hydroxylation sites is 2. The standard InChI is InChI=1S/C24H22ClN3O2/c25-19-10-12-20(13-11-19)30-17-16-28-22-9-5-4-8-21(22)27-23(28)14-15-26-24(29)18-6-2-1-3-7-18/h1-13H,14-17H2,(H,26,29). The van der Waals surface area contributed by atoms with Crippen LogP contribution in [-0.2, 0) is 13.0 Å². The quantitative estimate of drug-likeness (QED) is 0.448. The minimum Gasteiger partial charge on any atom is -0.492 e. The lowest BCUT2D eigenvalue weighted by atomic mass is 10.2. The predicted octanol–water partition coefficient (Wildman–Crippen LogP) is 4.74. The molecule has 4 aromatic rings. The number of hydrogen-bond acceptors (Lipinski definition) is 3. The van der Waals surface area contributed by atoms with E-state index in [-0.39, 0.29) is 5.91 Å². The van der Waals surface area contributed by atoms with Crippen LogP contribution in [0.3, 0.4) is 0 Å². The molecule has 152 valence electrons. The van der Waals surface area contributed by atoms with Crippen molar-refractivity contribution in [1.29, 1.82) is 0 Å². The number of aromatic nitrogens is 2. The van der Waals surface area contributed by atoms with Crippen molar-refractivity contribution >= 4 is 28.5 Å². The zero-order valence-corrected chi connectivity index (χ0v) is 17.2. The van der Waals surface area contributed by atoms with Gasteiger partial charge in [-0.2, -0.15) is 0 Å². The fraction of sp³-hybridized carbons (Fsp3) is 0.167. The molecule has 0 radical (unpaired) electrons. The minimum absolute atomic E-state index is 0.0793. The zero-order chi connectivity index (χ0) is 20.8. The third kappa shape index (κ3) is 4.81. The Labute approximate surface area is 180 Å². The predicted molar refractivity (Wildman–Crippen MR) is 119 cm³/mol. The lowest BCUT2D eigenvalue weighted by Crippen LogP contribution is -2.26. The molecule has 0 spiro atoms. The van der Waals surface area contributed by atoms with E-state index in [1.807, 2.05) is 60.7 Å². The maximum absolute atomic E-state index is 12.3. The number of carbonyl (C=O) groups is 1. The Balaban J connectivity index is 1.42. The SMILES string of the molecule is O=C(NCCc1nc2ccccc2n1CCOc1ccc(Cl)cc1)c1ccccc1. The molecule has 0 aliphatic carbocycles. The van der Waals surface area contributed by atoms with Gasteiger partial charge in [-0.15, -0.1) is 0 Å². The molecule has 0 atom stereocenters. The van der Waals surface area contributed by atoms with Gasteiger partial charge in [0, 0.05) is 23.6 Å². The number of nitrogens with zero attached hydrogens (tertiary/aromatic N) is 2. The first-order valence-electron chi connectivity index (χ1n) is 9.86. The minimum atomic E-state index is -0.0793. The Kier molecular flexibility index (Phi) is 6.30. The number of halogens is 1. The molecule has 0 saturated carbocycles. The average Bonchev–Trinajstić information content (AvgIpc) is 3.13. The van der Waals surface area contributed by atoms with E-state index in [9.17, 15) is 4.79 Å². The van der Waals surface area contributed by atoms with E-state index >= 15 is 0 Å². The van der Waals surface area contributed by atoms with E-state index in [0.29, 0.717) is 36.7 Å². The van der Waals surface area contributed by atoms with Crippen molar-refractivity contribution in [3.63, 3.8) is 0 Å². The van der Waals surface area contributed by atoms with Crippen molar-refractivity contribution in [3.05, 3.63) is 95.3 Å². The van der Waals surface area contributed by atoms with Crippen LogP contribution in [0.4, 0.5) is 0 Å². The van der Waals surface area contributed by atoms with E-state index < -0.39 is 0 Å². The zero-order valence-electron chi connectivity index (χ0n) is 16.4. The molecule has 30 heavy (non-hydrogen) atoms. The molecular weight excluding hydrogens is 398 g/mol. The first-order valence-corrected chi connectivity index (χ1v) is 10.2. The maximum Gasteiger partial charge on any atom is 0.251 e. The largest absolute Gasteiger partial charge is 0.492 e. The van der Waals surface area contributed by atoms with Crippen LogP contribution in [0.2, 0.25) is 5.02 Å². The summed E-state index contributed by atoms with van der Waals surface area (Å²) in [7, 11) is 0. The maximum atomic E-state index is 12.3. The normalized spacial score (nSPS) is 10.8. The smallest absolute Gasteiger partial charge is 0.251 e. The van der Waals surface area contributed by atoms with Crippen LogP contribution in [0.1, 0.15) is 16.2 Å². The van der Waals surface area contributed by atoms with Crippen molar-refractivity contribution < 1.29 is 9.53 Å². The summed E-state index contributed by atoms with van der Waals surface area (Å²) in [6, 6.07) is 24.6. The summed E-state index contributed by atoms with van der Waals surface area (Å²) in [5.41, 5.74) is 2.65. The van der Waals surface area contributed by atoms with Crippen LogP contribution < -0.4 is 10.1 Å². The second-order valence-electron chi connectivity index (χ2n) is 6.84. The van der Waals surface area contributed by atoms with E-state index in [4.69, 9.17) is 21.3 Å². The Bertz CT molecular complexity index is 1120. The first kappa shape index (κ1) is 20.0. The van der Waals surface area contributed by atoms with Crippen LogP contribution >= 0.6 is 11.6 Å². The number of hydrogen-bond donors (Lipinski definition) is 1. The van der Waals surface area contributed by atoms with Gasteiger partial charge in [-0.05, 0) is 48.5 Å². The highest BCUT2D eigenvalue weighted by Crippen LogP contribution is 2.18. The number of rotatable bonds is 8. The molecule has 0 aliphatic rings. The summed E-state index contributed by atoms with van der Waals surface area (Å²) in [5, 5.41) is 3.65. The van der Waals surface area contributed by atoms with Gasteiger partial charge < -0.3 is 14.6 Å². The number of benzene rings is 3. The van der Waals surface area contributed by atoms with Gasteiger partial charge in [-0.1, -0.05) is 41.9 Å². The van der Waals surface area contributed by atoms with E-state index in [1.165, 1.54) is 0 Å². The molecule has 3 aromatic carbocycles. The Morgan fingerprint density at radius 2 is 1.70 bits per heavy atom. The van der Waals surface area contributed by atoms with Gasteiger partial charge >= 0.3 is 0 Å². The lowest BCUT2D eigenvalue weighted by Gasteiger charge is -2.11. The number of amides is 1. The van der Waals surface area contributed by atoms with Crippen LogP contribution in [0.5, 0.6) is 5.75 Å². The molecule has 1 heterocycles. The van der Waals surface area contributed by atoms with E-state index in [2.05, 4.69) is 16.0 Å². The van der Waals surface area contributed by atoms with E-state index in [1.54, 1.807) is 12.1 Å². The molecule has 1 aromatic heterocycles. The number of nitrogens with one attached hydrogen (secondary N) is 1. The highest BCUT2D eigenvalue weighted by molar-refractivity contribution is 6.30. The summed E-state index contributed by atoms with van der Waals surface area (Å²) in [5.74, 6) is 1.62. The fourth-order valence-corrected chi connectivity index (χ4v) is 3.46. The Morgan fingerprint density at radius 3 is 2.50 bits per heavy atom. The second-order valence-corrected chi connectivity index (χ2v) is 7.28. The van der Waals surface area contributed by atoms with Crippen molar-refractivity contribution in [2.75, 3.05) is 13.2 Å². The van der Waals surface area contributed by atoms with Gasteiger partial charge in [-0.3, -0.25) is 4.79 Å². The molecule has 0 unspecified atom stereocenters. The Morgan fingerprint density at radius 1 is 0.967 bits per heavy atom. The molecule has 5 nitrogen and oxygen atoms in total. The molecule has 1 amide bonds. The first-order chi connectivity index (χ1) is 14.7. The monoisotopic (exact) mass is 419 g/mol. The molecule has 1 N–H and O–H groups in total. The van der Waals surface area contributed by atoms with Crippen LogP contribution in [0.15, 0.2) is 78.9 Å². The summed E-state index contributed by atoms with van der Waals surface area (Å²) < 4.78 is 8.01. The summed E-state index contributed by atoms with van der Waals surface area (Å²) in [6.07, 6.45) is 0.633. The molecule has 0 aliphatic heterocycles. The number of ether oxygens (including phenoxy) is 1. The highest BCUT2D eigenvalue weighted by atomic mass is 35.5. The number of fused-ring (bicyclic) bond motifs is 1.